The van der Waals surface area contributed by atoms with Crippen LogP contribution in [-0.2, 0) is 4.79 Å². The number of amides is 1. The van der Waals surface area contributed by atoms with Crippen molar-refractivity contribution in [3.8, 4) is 0 Å². The lowest BCUT2D eigenvalue weighted by molar-refractivity contribution is -0.113. The lowest BCUT2D eigenvalue weighted by atomic mass is 10.2. The molecule has 0 saturated carbocycles. The SMILES string of the molecule is Cc1ccccc1NC(=O)CSc1nsc2nc3ccccc3n12. The molecule has 0 saturated heterocycles. The Labute approximate surface area is 146 Å². The van der Waals surface area contributed by atoms with Gasteiger partial charge in [0, 0.05) is 17.2 Å². The molecule has 1 N–H and O–H groups in total. The van der Waals surface area contributed by atoms with Gasteiger partial charge in [-0.25, -0.2) is 4.98 Å². The van der Waals surface area contributed by atoms with Gasteiger partial charge >= 0.3 is 0 Å². The summed E-state index contributed by atoms with van der Waals surface area (Å²) < 4.78 is 6.43. The summed E-state index contributed by atoms with van der Waals surface area (Å²) in [6.45, 7) is 1.98. The Balaban J connectivity index is 1.53. The molecule has 0 aliphatic heterocycles. The van der Waals surface area contributed by atoms with Crippen molar-refractivity contribution in [3.05, 3.63) is 54.1 Å². The zero-order valence-electron chi connectivity index (χ0n) is 12.9. The first-order chi connectivity index (χ1) is 11.7. The van der Waals surface area contributed by atoms with E-state index in [0.29, 0.717) is 5.75 Å². The van der Waals surface area contributed by atoms with Gasteiger partial charge in [0.1, 0.15) is 0 Å². The summed E-state index contributed by atoms with van der Waals surface area (Å²) in [6.07, 6.45) is 0. The summed E-state index contributed by atoms with van der Waals surface area (Å²) in [7, 11) is 0. The van der Waals surface area contributed by atoms with Gasteiger partial charge in [0.05, 0.1) is 16.8 Å². The van der Waals surface area contributed by atoms with E-state index in [4.69, 9.17) is 0 Å². The van der Waals surface area contributed by atoms with Gasteiger partial charge in [0.2, 0.25) is 10.9 Å². The van der Waals surface area contributed by atoms with Gasteiger partial charge in [-0.15, -0.1) is 0 Å². The second-order valence-corrected chi connectivity index (χ2v) is 7.01. The van der Waals surface area contributed by atoms with Crippen LogP contribution in [0, 0.1) is 6.92 Å². The number of benzene rings is 2. The average molecular weight is 354 g/mol. The number of carbonyl (C=O) groups excluding carboxylic acids is 1. The highest BCUT2D eigenvalue weighted by atomic mass is 32.2. The van der Waals surface area contributed by atoms with Crippen LogP contribution in [0.5, 0.6) is 0 Å². The van der Waals surface area contributed by atoms with Crippen molar-refractivity contribution in [1.82, 2.24) is 13.8 Å². The summed E-state index contributed by atoms with van der Waals surface area (Å²) in [5.74, 6) is 0.263. The van der Waals surface area contributed by atoms with E-state index in [1.807, 2.05) is 59.9 Å². The molecule has 0 atom stereocenters. The van der Waals surface area contributed by atoms with Crippen molar-refractivity contribution in [3.63, 3.8) is 0 Å². The second-order valence-electron chi connectivity index (χ2n) is 5.34. The van der Waals surface area contributed by atoms with Gasteiger partial charge in [-0.2, -0.15) is 4.37 Å². The number of nitrogens with one attached hydrogen (secondary N) is 1. The molecule has 1 amide bonds. The van der Waals surface area contributed by atoms with E-state index >= 15 is 0 Å². The number of rotatable bonds is 4. The van der Waals surface area contributed by atoms with Crippen molar-refractivity contribution in [1.29, 1.82) is 0 Å². The van der Waals surface area contributed by atoms with E-state index in [-0.39, 0.29) is 5.91 Å². The quantitative estimate of drug-likeness (QED) is 0.563. The number of hydrogen-bond acceptors (Lipinski definition) is 5. The van der Waals surface area contributed by atoms with Crippen molar-refractivity contribution in [2.24, 2.45) is 0 Å². The molecule has 0 aliphatic carbocycles. The Morgan fingerprint density at radius 1 is 1.21 bits per heavy atom. The first kappa shape index (κ1) is 15.2. The van der Waals surface area contributed by atoms with Crippen molar-refractivity contribution < 1.29 is 4.79 Å². The molecule has 4 rings (SSSR count). The van der Waals surface area contributed by atoms with Crippen LogP contribution in [0.3, 0.4) is 0 Å². The number of imidazole rings is 1. The summed E-state index contributed by atoms with van der Waals surface area (Å²) in [5.41, 5.74) is 3.85. The number of aromatic nitrogens is 3. The molecule has 0 aliphatic rings. The summed E-state index contributed by atoms with van der Waals surface area (Å²) >= 11 is 2.77. The van der Waals surface area contributed by atoms with Gasteiger partial charge in [-0.3, -0.25) is 9.20 Å². The van der Waals surface area contributed by atoms with Crippen LogP contribution in [0.25, 0.3) is 16.0 Å². The molecule has 0 spiro atoms. The Hall–Kier alpha value is -2.38. The van der Waals surface area contributed by atoms with Crippen molar-refractivity contribution in [2.75, 3.05) is 11.1 Å². The van der Waals surface area contributed by atoms with Gasteiger partial charge < -0.3 is 5.32 Å². The van der Waals surface area contributed by atoms with Crippen LogP contribution in [0.4, 0.5) is 5.69 Å². The number of para-hydroxylation sites is 3. The van der Waals surface area contributed by atoms with Gasteiger partial charge in [-0.1, -0.05) is 42.1 Å². The largest absolute Gasteiger partial charge is 0.325 e. The smallest absolute Gasteiger partial charge is 0.234 e. The van der Waals surface area contributed by atoms with E-state index in [1.165, 1.54) is 23.3 Å². The molecule has 120 valence electrons. The summed E-state index contributed by atoms with van der Waals surface area (Å²) in [5, 5.41) is 3.74. The highest BCUT2D eigenvalue weighted by Crippen LogP contribution is 2.27. The monoisotopic (exact) mass is 354 g/mol. The van der Waals surface area contributed by atoms with Crippen LogP contribution in [0.1, 0.15) is 5.56 Å². The minimum Gasteiger partial charge on any atom is -0.325 e. The maximum Gasteiger partial charge on any atom is 0.234 e. The lowest BCUT2D eigenvalue weighted by Gasteiger charge is -2.07. The van der Waals surface area contributed by atoms with Crippen molar-refractivity contribution in [2.45, 2.75) is 12.1 Å². The molecule has 2 aromatic heterocycles. The Bertz CT molecular complexity index is 1040. The summed E-state index contributed by atoms with van der Waals surface area (Å²) in [4.78, 5) is 17.6. The Kier molecular flexibility index (Phi) is 3.95. The maximum absolute atomic E-state index is 12.2. The number of nitrogens with zero attached hydrogens (tertiary/aromatic N) is 3. The van der Waals surface area contributed by atoms with Gasteiger partial charge in [0.25, 0.3) is 0 Å². The number of fused-ring (bicyclic) bond motifs is 3. The third kappa shape index (κ3) is 2.76. The zero-order chi connectivity index (χ0) is 16.5. The van der Waals surface area contributed by atoms with E-state index < -0.39 is 0 Å². The standard InChI is InChI=1S/C17H14N4OS2/c1-11-6-2-3-7-12(11)18-15(22)10-23-17-20-24-16-19-13-8-4-5-9-14(13)21(16)17/h2-9H,10H2,1H3,(H,18,22). The predicted molar refractivity (Wildman–Crippen MR) is 98.9 cm³/mol. The molecule has 0 radical (unpaired) electrons. The molecule has 0 unspecified atom stereocenters. The molecule has 4 aromatic rings. The molecular formula is C17H14N4OS2. The molecule has 24 heavy (non-hydrogen) atoms. The third-order valence-corrected chi connectivity index (χ3v) is 5.43. The van der Waals surface area contributed by atoms with E-state index in [0.717, 1.165) is 32.4 Å². The van der Waals surface area contributed by atoms with Gasteiger partial charge in [-0.05, 0) is 30.7 Å². The Morgan fingerprint density at radius 2 is 2.00 bits per heavy atom. The molecule has 2 aromatic carbocycles. The van der Waals surface area contributed by atoms with Crippen LogP contribution in [0.2, 0.25) is 0 Å². The minimum atomic E-state index is -0.0418. The number of hydrogen-bond donors (Lipinski definition) is 1. The Morgan fingerprint density at radius 3 is 2.88 bits per heavy atom. The highest BCUT2D eigenvalue weighted by molar-refractivity contribution is 7.99. The topological polar surface area (TPSA) is 59.3 Å². The van der Waals surface area contributed by atoms with E-state index in [9.17, 15) is 4.79 Å². The fourth-order valence-electron chi connectivity index (χ4n) is 2.49. The fraction of sp³-hybridized carbons (Fsp3) is 0.118. The average Bonchev–Trinajstić information content (AvgIpc) is 3.14. The number of aryl methyl sites for hydroxylation is 1. The minimum absolute atomic E-state index is 0.0418. The van der Waals surface area contributed by atoms with Gasteiger partial charge in [0.15, 0.2) is 5.16 Å². The first-order valence-electron chi connectivity index (χ1n) is 7.43. The second kappa shape index (κ2) is 6.26. The molecule has 2 heterocycles. The molecule has 5 nitrogen and oxygen atoms in total. The molecule has 0 bridgehead atoms. The lowest BCUT2D eigenvalue weighted by Crippen LogP contribution is -2.15. The highest BCUT2D eigenvalue weighted by Gasteiger charge is 2.14. The maximum atomic E-state index is 12.2. The van der Waals surface area contributed by atoms with Crippen molar-refractivity contribution >= 4 is 50.9 Å². The molecule has 7 heteroatoms. The number of carbonyl (C=O) groups is 1. The van der Waals surface area contributed by atoms with E-state index in [1.54, 1.807) is 0 Å². The van der Waals surface area contributed by atoms with Crippen LogP contribution >= 0.6 is 23.3 Å². The molecular weight excluding hydrogens is 340 g/mol. The van der Waals surface area contributed by atoms with Crippen LogP contribution in [-0.4, -0.2) is 25.4 Å². The number of anilines is 1. The fourth-order valence-corrected chi connectivity index (χ4v) is 4.16. The zero-order valence-corrected chi connectivity index (χ0v) is 14.5. The third-order valence-electron chi connectivity index (χ3n) is 3.68. The van der Waals surface area contributed by atoms with Crippen LogP contribution < -0.4 is 5.32 Å². The first-order valence-corrected chi connectivity index (χ1v) is 9.19. The normalized spacial score (nSPS) is 11.2. The molecule has 0 fully saturated rings. The van der Waals surface area contributed by atoms with Crippen LogP contribution in [0.15, 0.2) is 53.7 Å². The van der Waals surface area contributed by atoms with E-state index in [2.05, 4.69) is 14.7 Å². The summed E-state index contributed by atoms with van der Waals surface area (Å²) in [6, 6.07) is 15.7. The number of thioether (sulfide) groups is 1. The predicted octanol–water partition coefficient (Wildman–Crippen LogP) is 3.98.